The number of nitro benzene ring substituents is 1. The molecule has 1 saturated heterocycles. The Kier molecular flexibility index (Phi) is 6.06. The zero-order valence-corrected chi connectivity index (χ0v) is 17.7. The smallest absolute Gasteiger partial charge is 0.296 e. The largest absolute Gasteiger partial charge is 0.381 e. The predicted octanol–water partition coefficient (Wildman–Crippen LogP) is 2.43. The number of benzene rings is 2. The van der Waals surface area contributed by atoms with Crippen molar-refractivity contribution in [3.63, 3.8) is 0 Å². The number of carbonyl (C=O) groups excluding carboxylic acids is 1. The number of aromatic amines is 1. The van der Waals surface area contributed by atoms with Crippen LogP contribution in [-0.2, 0) is 14.8 Å². The SMILES string of the molecule is O=C(NS(=O)(=O)c1cc([N+](=O)[O-])c(NCC2CCOCC2)c2[nH]cnc12)c1ccccc1. The maximum Gasteiger partial charge on any atom is 0.296 e. The highest BCUT2D eigenvalue weighted by Gasteiger charge is 2.30. The summed E-state index contributed by atoms with van der Waals surface area (Å²) in [6.07, 6.45) is 2.90. The summed E-state index contributed by atoms with van der Waals surface area (Å²) in [6.45, 7) is 1.73. The number of anilines is 1. The van der Waals surface area contributed by atoms with Crippen molar-refractivity contribution in [2.45, 2.75) is 17.7 Å². The lowest BCUT2D eigenvalue weighted by Crippen LogP contribution is -2.31. The summed E-state index contributed by atoms with van der Waals surface area (Å²) in [5.41, 5.74) is 0.0412. The van der Waals surface area contributed by atoms with Gasteiger partial charge in [-0.1, -0.05) is 18.2 Å². The van der Waals surface area contributed by atoms with Gasteiger partial charge in [-0.15, -0.1) is 0 Å². The first-order valence-corrected chi connectivity index (χ1v) is 11.4. The van der Waals surface area contributed by atoms with Crippen molar-refractivity contribution in [2.75, 3.05) is 25.1 Å². The molecule has 0 aliphatic carbocycles. The molecule has 3 N–H and O–H groups in total. The molecule has 0 bridgehead atoms. The van der Waals surface area contributed by atoms with E-state index in [0.717, 1.165) is 18.9 Å². The van der Waals surface area contributed by atoms with E-state index in [9.17, 15) is 23.3 Å². The Bertz CT molecular complexity index is 1250. The molecule has 32 heavy (non-hydrogen) atoms. The summed E-state index contributed by atoms with van der Waals surface area (Å²) in [4.78, 5) is 29.9. The minimum Gasteiger partial charge on any atom is -0.381 e. The molecular weight excluding hydrogens is 438 g/mol. The van der Waals surface area contributed by atoms with E-state index in [4.69, 9.17) is 4.74 Å². The highest BCUT2D eigenvalue weighted by molar-refractivity contribution is 7.90. The number of nitrogens with zero attached hydrogens (tertiary/aromatic N) is 2. The average molecular weight is 459 g/mol. The maximum atomic E-state index is 13.0. The lowest BCUT2D eigenvalue weighted by atomic mass is 10.0. The van der Waals surface area contributed by atoms with Gasteiger partial charge in [-0.2, -0.15) is 0 Å². The van der Waals surface area contributed by atoms with Crippen LogP contribution in [0.3, 0.4) is 0 Å². The summed E-state index contributed by atoms with van der Waals surface area (Å²) < 4.78 is 33.3. The van der Waals surface area contributed by atoms with Crippen LogP contribution in [0.1, 0.15) is 23.2 Å². The van der Waals surface area contributed by atoms with Gasteiger partial charge in [-0.3, -0.25) is 14.9 Å². The van der Waals surface area contributed by atoms with Gasteiger partial charge in [0, 0.05) is 31.4 Å². The molecule has 2 heterocycles. The third-order valence-corrected chi connectivity index (χ3v) is 6.65. The maximum absolute atomic E-state index is 13.0. The number of H-pyrrole nitrogens is 1. The molecule has 1 aliphatic heterocycles. The second kappa shape index (κ2) is 8.93. The average Bonchev–Trinajstić information content (AvgIpc) is 3.27. The van der Waals surface area contributed by atoms with Crippen LogP contribution in [0, 0.1) is 16.0 Å². The fourth-order valence-corrected chi connectivity index (χ4v) is 4.76. The Morgan fingerprint density at radius 1 is 1.25 bits per heavy atom. The van der Waals surface area contributed by atoms with Gasteiger partial charge in [0.1, 0.15) is 16.1 Å². The topological polar surface area (TPSA) is 156 Å². The first kappa shape index (κ1) is 21.7. The van der Waals surface area contributed by atoms with Crippen molar-refractivity contribution in [2.24, 2.45) is 5.92 Å². The molecule has 0 saturated carbocycles. The molecule has 168 valence electrons. The van der Waals surface area contributed by atoms with Crippen LogP contribution >= 0.6 is 0 Å². The molecule has 1 fully saturated rings. The van der Waals surface area contributed by atoms with Gasteiger partial charge in [0.15, 0.2) is 0 Å². The number of imidazole rings is 1. The van der Waals surface area contributed by atoms with Crippen molar-refractivity contribution in [3.8, 4) is 0 Å². The molecule has 1 aromatic heterocycles. The van der Waals surface area contributed by atoms with E-state index in [2.05, 4.69) is 15.3 Å². The minimum atomic E-state index is -4.44. The molecule has 0 unspecified atom stereocenters. The van der Waals surface area contributed by atoms with Crippen LogP contribution in [0.25, 0.3) is 11.0 Å². The number of fused-ring (bicyclic) bond motifs is 1. The second-order valence-corrected chi connectivity index (χ2v) is 9.04. The summed E-state index contributed by atoms with van der Waals surface area (Å²) in [6, 6.07) is 8.72. The molecule has 1 amide bonds. The van der Waals surface area contributed by atoms with E-state index in [-0.39, 0.29) is 28.2 Å². The minimum absolute atomic E-state index is 0.00145. The summed E-state index contributed by atoms with van der Waals surface area (Å²) in [5, 5.41) is 14.9. The molecule has 12 heteroatoms. The summed E-state index contributed by atoms with van der Waals surface area (Å²) in [5.74, 6) is -0.575. The Hall–Kier alpha value is -3.51. The number of rotatable bonds is 7. The van der Waals surface area contributed by atoms with Gasteiger partial charge >= 0.3 is 0 Å². The molecule has 3 aromatic rings. The van der Waals surface area contributed by atoms with E-state index >= 15 is 0 Å². The second-order valence-electron chi connectivity index (χ2n) is 7.39. The quantitative estimate of drug-likeness (QED) is 0.359. The van der Waals surface area contributed by atoms with E-state index in [1.54, 1.807) is 18.2 Å². The van der Waals surface area contributed by atoms with E-state index in [1.807, 2.05) is 4.72 Å². The van der Waals surface area contributed by atoms with Crippen LogP contribution in [0.4, 0.5) is 11.4 Å². The number of hydrogen-bond acceptors (Lipinski definition) is 8. The molecule has 11 nitrogen and oxygen atoms in total. The molecule has 0 spiro atoms. The summed E-state index contributed by atoms with van der Waals surface area (Å²) in [7, 11) is -4.44. The zero-order chi connectivity index (χ0) is 22.7. The molecule has 0 radical (unpaired) electrons. The van der Waals surface area contributed by atoms with Crippen LogP contribution in [0.2, 0.25) is 0 Å². The monoisotopic (exact) mass is 459 g/mol. The van der Waals surface area contributed by atoms with E-state index in [0.29, 0.717) is 19.8 Å². The highest BCUT2D eigenvalue weighted by Crippen LogP contribution is 2.36. The number of ether oxygens (including phenoxy) is 1. The van der Waals surface area contributed by atoms with Crippen molar-refractivity contribution in [3.05, 3.63) is 58.4 Å². The highest BCUT2D eigenvalue weighted by atomic mass is 32.2. The van der Waals surface area contributed by atoms with E-state index in [1.165, 1.54) is 18.5 Å². The molecular formula is C20H21N5O6S. The third-order valence-electron chi connectivity index (χ3n) is 5.30. The lowest BCUT2D eigenvalue weighted by molar-refractivity contribution is -0.384. The first-order valence-electron chi connectivity index (χ1n) is 9.95. The van der Waals surface area contributed by atoms with Gasteiger partial charge in [0.2, 0.25) is 0 Å². The van der Waals surface area contributed by atoms with Crippen LogP contribution in [0.5, 0.6) is 0 Å². The fraction of sp³-hybridized carbons (Fsp3) is 0.300. The van der Waals surface area contributed by atoms with E-state index < -0.39 is 31.4 Å². The van der Waals surface area contributed by atoms with Crippen molar-refractivity contribution >= 4 is 38.3 Å². The number of nitrogens with one attached hydrogen (secondary N) is 3. The normalized spacial score (nSPS) is 14.9. The fourth-order valence-electron chi connectivity index (χ4n) is 3.61. The first-order chi connectivity index (χ1) is 15.4. The van der Waals surface area contributed by atoms with Gasteiger partial charge in [-0.25, -0.2) is 18.1 Å². The number of hydrogen-bond donors (Lipinski definition) is 3. The van der Waals surface area contributed by atoms with Gasteiger partial charge in [-0.05, 0) is 30.9 Å². The van der Waals surface area contributed by atoms with Crippen molar-refractivity contribution in [1.82, 2.24) is 14.7 Å². The molecule has 2 aromatic carbocycles. The van der Waals surface area contributed by atoms with Crippen molar-refractivity contribution in [1.29, 1.82) is 0 Å². The van der Waals surface area contributed by atoms with Crippen LogP contribution in [0.15, 0.2) is 47.6 Å². The standard InChI is InChI=1S/C20H21N5O6S/c26-20(14-4-2-1-3-5-14)24-32(29,30)16-10-15(25(27)28)17(19-18(16)22-12-23-19)21-11-13-6-8-31-9-7-13/h1-5,10,12-13,21H,6-9,11H2,(H,22,23)(H,24,26). The molecule has 0 atom stereocenters. The number of carbonyl (C=O) groups is 1. The molecule has 1 aliphatic rings. The Morgan fingerprint density at radius 2 is 1.97 bits per heavy atom. The van der Waals surface area contributed by atoms with Gasteiger partial charge in [0.25, 0.3) is 21.6 Å². The summed E-state index contributed by atoms with van der Waals surface area (Å²) >= 11 is 0. The third kappa shape index (κ3) is 4.41. The lowest BCUT2D eigenvalue weighted by Gasteiger charge is -2.22. The number of amides is 1. The van der Waals surface area contributed by atoms with Crippen LogP contribution in [-0.4, -0.2) is 49.0 Å². The van der Waals surface area contributed by atoms with Gasteiger partial charge in [0.05, 0.1) is 16.8 Å². The van der Waals surface area contributed by atoms with Crippen LogP contribution < -0.4 is 10.0 Å². The predicted molar refractivity (Wildman–Crippen MR) is 116 cm³/mol. The van der Waals surface area contributed by atoms with Crippen molar-refractivity contribution < 1.29 is 22.9 Å². The number of sulfonamides is 1. The van der Waals surface area contributed by atoms with Gasteiger partial charge < -0.3 is 15.0 Å². The Labute approximate surface area is 183 Å². The Morgan fingerprint density at radius 3 is 2.66 bits per heavy atom. The molecule has 4 rings (SSSR count). The number of nitro groups is 1. The Balaban J connectivity index is 1.70. The zero-order valence-electron chi connectivity index (χ0n) is 16.9. The number of aromatic nitrogens is 2.